The molecule has 2 saturated heterocycles. The van der Waals surface area contributed by atoms with E-state index in [1.54, 1.807) is 12.2 Å². The smallest absolute Gasteiger partial charge is 0.303 e. The van der Waals surface area contributed by atoms with Crippen LogP contribution in [0.4, 0.5) is 0 Å². The third-order valence-corrected chi connectivity index (χ3v) is 9.56. The molecule has 0 spiro atoms. The molecule has 288 valence electrons. The number of carboxylic acids is 2. The van der Waals surface area contributed by atoms with E-state index >= 15 is 0 Å². The SMILES string of the molecule is CCCCCC(=O)C=C[C@H]1CCCC(=O)N1CCCCCCC(=O)O.O=C(O)CCCCCCN1C(=O)CCC[C@@H]1C=CC(=O)Cc1ccccc1. The number of allylic oxidation sites excluding steroid dienone is 2. The van der Waals surface area contributed by atoms with Gasteiger partial charge in [-0.15, -0.1) is 0 Å². The number of carbonyl (C=O) groups excluding carboxylic acids is 4. The number of amides is 2. The van der Waals surface area contributed by atoms with Gasteiger partial charge in [-0.2, -0.15) is 0 Å². The van der Waals surface area contributed by atoms with Crippen molar-refractivity contribution in [2.75, 3.05) is 13.1 Å². The summed E-state index contributed by atoms with van der Waals surface area (Å²) < 4.78 is 0. The van der Waals surface area contributed by atoms with Crippen LogP contribution in [0.2, 0.25) is 0 Å². The van der Waals surface area contributed by atoms with Crippen molar-refractivity contribution in [2.24, 2.45) is 0 Å². The molecule has 0 aliphatic carbocycles. The van der Waals surface area contributed by atoms with E-state index in [-0.39, 0.29) is 48.3 Å². The molecule has 2 N–H and O–H groups in total. The fraction of sp³-hybridized carbons (Fsp3) is 0.619. The van der Waals surface area contributed by atoms with Crippen LogP contribution in [-0.2, 0) is 35.2 Å². The molecule has 1 aromatic carbocycles. The van der Waals surface area contributed by atoms with Crippen LogP contribution in [0.25, 0.3) is 0 Å². The molecule has 10 nitrogen and oxygen atoms in total. The van der Waals surface area contributed by atoms with Crippen molar-refractivity contribution in [3.63, 3.8) is 0 Å². The van der Waals surface area contributed by atoms with Crippen LogP contribution in [0.15, 0.2) is 54.6 Å². The van der Waals surface area contributed by atoms with Gasteiger partial charge in [0.2, 0.25) is 11.8 Å². The number of piperidine rings is 2. The maximum atomic E-state index is 12.3. The Morgan fingerprint density at radius 1 is 0.635 bits per heavy atom. The number of carbonyl (C=O) groups is 6. The minimum Gasteiger partial charge on any atom is -0.481 e. The van der Waals surface area contributed by atoms with Crippen molar-refractivity contribution in [1.29, 1.82) is 0 Å². The van der Waals surface area contributed by atoms with Gasteiger partial charge in [-0.25, -0.2) is 0 Å². The lowest BCUT2D eigenvalue weighted by molar-refractivity contribution is -0.138. The standard InChI is InChI=1S/C22H29NO4.C20H33NO4/c24-20(17-18-9-4-3-5-10-18)15-14-19-11-8-12-21(25)23(19)16-7-2-1-6-13-22(26)27;1-2-3-6-11-18(22)15-14-17-10-9-12-19(23)21(17)16-8-5-4-7-13-20(24)25/h3-5,9-10,14-15,19H,1-2,6-8,11-13,16-17H2,(H,26,27);14-15,17H,2-13,16H2,1H3,(H,24,25)/t19-;17-/m11/s1. The minimum absolute atomic E-state index is 0.00927. The van der Waals surface area contributed by atoms with E-state index in [1.165, 1.54) is 0 Å². The number of carboxylic acid groups (broad SMARTS) is 2. The van der Waals surface area contributed by atoms with E-state index in [9.17, 15) is 28.8 Å². The van der Waals surface area contributed by atoms with E-state index in [0.717, 1.165) is 89.0 Å². The Bertz CT molecular complexity index is 1310. The summed E-state index contributed by atoms with van der Waals surface area (Å²) in [5.41, 5.74) is 0.991. The molecule has 3 rings (SSSR count). The molecule has 0 saturated carbocycles. The summed E-state index contributed by atoms with van der Waals surface area (Å²) in [4.78, 5) is 73.4. The molecule has 2 heterocycles. The molecular weight excluding hydrogens is 660 g/mol. The van der Waals surface area contributed by atoms with Gasteiger partial charge in [0.25, 0.3) is 0 Å². The fourth-order valence-corrected chi connectivity index (χ4v) is 6.62. The van der Waals surface area contributed by atoms with Crippen molar-refractivity contribution < 1.29 is 39.0 Å². The number of nitrogens with zero attached hydrogens (tertiary/aromatic N) is 2. The quantitative estimate of drug-likeness (QED) is 0.0809. The molecule has 2 fully saturated rings. The highest BCUT2D eigenvalue weighted by Crippen LogP contribution is 2.22. The number of benzene rings is 1. The first-order chi connectivity index (χ1) is 25.1. The highest BCUT2D eigenvalue weighted by molar-refractivity contribution is 5.91. The van der Waals surface area contributed by atoms with E-state index in [2.05, 4.69) is 6.92 Å². The molecule has 2 amide bonds. The molecular formula is C42H62N2O8. The summed E-state index contributed by atoms with van der Waals surface area (Å²) in [7, 11) is 0. The second kappa shape index (κ2) is 26.7. The highest BCUT2D eigenvalue weighted by atomic mass is 16.4. The number of hydrogen-bond donors (Lipinski definition) is 2. The molecule has 2 atom stereocenters. The van der Waals surface area contributed by atoms with E-state index in [4.69, 9.17) is 10.2 Å². The Balaban J connectivity index is 0.000000361. The molecule has 0 aromatic heterocycles. The normalized spacial score (nSPS) is 17.7. The maximum Gasteiger partial charge on any atom is 0.303 e. The highest BCUT2D eigenvalue weighted by Gasteiger charge is 2.27. The summed E-state index contributed by atoms with van der Waals surface area (Å²) in [5.74, 6) is -0.985. The Kier molecular flexibility index (Phi) is 22.6. The Morgan fingerprint density at radius 3 is 1.58 bits per heavy atom. The van der Waals surface area contributed by atoms with Gasteiger partial charge in [-0.05, 0) is 75.5 Å². The van der Waals surface area contributed by atoms with Crippen LogP contribution in [0.3, 0.4) is 0 Å². The van der Waals surface area contributed by atoms with Gasteiger partial charge >= 0.3 is 11.9 Å². The zero-order valence-electron chi connectivity index (χ0n) is 31.4. The number of likely N-dealkylation sites (tertiary alicyclic amines) is 2. The summed E-state index contributed by atoms with van der Waals surface area (Å²) in [5, 5.41) is 17.3. The van der Waals surface area contributed by atoms with Gasteiger partial charge in [-0.1, -0.05) is 87.9 Å². The molecule has 52 heavy (non-hydrogen) atoms. The summed E-state index contributed by atoms with van der Waals surface area (Å²) in [6, 6.07) is 9.67. The molecule has 1 aromatic rings. The van der Waals surface area contributed by atoms with Crippen LogP contribution in [0.1, 0.15) is 141 Å². The molecule has 0 radical (unpaired) electrons. The van der Waals surface area contributed by atoms with Crippen molar-refractivity contribution >= 4 is 35.3 Å². The van der Waals surface area contributed by atoms with Crippen molar-refractivity contribution in [3.05, 3.63) is 60.2 Å². The maximum absolute atomic E-state index is 12.3. The fourth-order valence-electron chi connectivity index (χ4n) is 6.62. The Hall–Kier alpha value is -4.08. The van der Waals surface area contributed by atoms with E-state index in [1.807, 2.05) is 52.3 Å². The third-order valence-electron chi connectivity index (χ3n) is 9.56. The molecule has 2 aliphatic rings. The van der Waals surface area contributed by atoms with E-state index < -0.39 is 11.9 Å². The van der Waals surface area contributed by atoms with Crippen LogP contribution < -0.4 is 0 Å². The predicted octanol–water partition coefficient (Wildman–Crippen LogP) is 7.88. The molecule has 0 unspecified atom stereocenters. The lowest BCUT2D eigenvalue weighted by atomic mass is 9.99. The topological polar surface area (TPSA) is 149 Å². The number of aliphatic carboxylic acids is 2. The number of hydrogen-bond acceptors (Lipinski definition) is 6. The first-order valence-electron chi connectivity index (χ1n) is 19.6. The zero-order chi connectivity index (χ0) is 38.0. The predicted molar refractivity (Wildman–Crippen MR) is 203 cm³/mol. The summed E-state index contributed by atoms with van der Waals surface area (Å²) >= 11 is 0. The van der Waals surface area contributed by atoms with Crippen molar-refractivity contribution in [2.45, 2.75) is 154 Å². The van der Waals surface area contributed by atoms with Crippen LogP contribution >= 0.6 is 0 Å². The number of unbranched alkanes of at least 4 members (excludes halogenated alkanes) is 8. The number of rotatable bonds is 24. The summed E-state index contributed by atoms with van der Waals surface area (Å²) in [6.07, 6.45) is 23.0. The van der Waals surface area contributed by atoms with Crippen LogP contribution in [0.5, 0.6) is 0 Å². The largest absolute Gasteiger partial charge is 0.481 e. The molecule has 0 bridgehead atoms. The average Bonchev–Trinajstić information content (AvgIpc) is 3.11. The zero-order valence-corrected chi connectivity index (χ0v) is 31.4. The summed E-state index contributed by atoms with van der Waals surface area (Å²) in [6.45, 7) is 3.49. The monoisotopic (exact) mass is 722 g/mol. The van der Waals surface area contributed by atoms with Crippen LogP contribution in [0, 0.1) is 0 Å². The second-order valence-electron chi connectivity index (χ2n) is 14.0. The third kappa shape index (κ3) is 19.5. The number of ketones is 2. The molecule has 2 aliphatic heterocycles. The molecule has 10 heteroatoms. The van der Waals surface area contributed by atoms with Gasteiger partial charge < -0.3 is 20.0 Å². The van der Waals surface area contributed by atoms with Gasteiger partial charge in [0.15, 0.2) is 11.6 Å². The van der Waals surface area contributed by atoms with Crippen molar-refractivity contribution in [1.82, 2.24) is 9.80 Å². The van der Waals surface area contributed by atoms with Crippen molar-refractivity contribution in [3.8, 4) is 0 Å². The first-order valence-corrected chi connectivity index (χ1v) is 19.6. The van der Waals surface area contributed by atoms with Crippen LogP contribution in [-0.4, -0.2) is 80.5 Å². The Labute approximate surface area is 310 Å². The van der Waals surface area contributed by atoms with Gasteiger partial charge in [-0.3, -0.25) is 28.8 Å². The van der Waals surface area contributed by atoms with Gasteiger partial charge in [0.1, 0.15) is 0 Å². The lowest BCUT2D eigenvalue weighted by Gasteiger charge is -2.34. The second-order valence-corrected chi connectivity index (χ2v) is 14.0. The van der Waals surface area contributed by atoms with E-state index in [0.29, 0.717) is 51.6 Å². The lowest BCUT2D eigenvalue weighted by Crippen LogP contribution is -2.43. The average molecular weight is 723 g/mol. The first kappa shape index (κ1) is 44.1. The Morgan fingerprint density at radius 2 is 1.10 bits per heavy atom. The van der Waals surface area contributed by atoms with Gasteiger partial charge in [0.05, 0.1) is 12.1 Å². The minimum atomic E-state index is -0.758. The van der Waals surface area contributed by atoms with Gasteiger partial charge in [0, 0.05) is 51.6 Å².